The lowest BCUT2D eigenvalue weighted by Crippen LogP contribution is -2.48. The van der Waals surface area contributed by atoms with Gasteiger partial charge in [-0.15, -0.1) is 12.4 Å². The first-order valence-electron chi connectivity index (χ1n) is 6.57. The molecule has 4 nitrogen and oxygen atoms in total. The van der Waals surface area contributed by atoms with Crippen molar-refractivity contribution in [2.45, 2.75) is 25.3 Å². The summed E-state index contributed by atoms with van der Waals surface area (Å²) in [5.41, 5.74) is 3.70. The normalized spacial score (nSPS) is 21.4. The number of hydrogen-bond donors (Lipinski definition) is 2. The molecule has 1 aromatic rings. The highest BCUT2D eigenvalue weighted by molar-refractivity contribution is 5.95. The molecule has 2 aliphatic rings. The first-order valence-corrected chi connectivity index (χ1v) is 6.57. The Bertz CT molecular complexity index is 459. The molecule has 19 heavy (non-hydrogen) atoms. The van der Waals surface area contributed by atoms with Gasteiger partial charge in [0.1, 0.15) is 6.04 Å². The van der Waals surface area contributed by atoms with Gasteiger partial charge < -0.3 is 15.4 Å². The summed E-state index contributed by atoms with van der Waals surface area (Å²) in [4.78, 5) is 12.0. The third kappa shape index (κ3) is 3.26. The Morgan fingerprint density at radius 2 is 2.16 bits per heavy atom. The molecule has 1 fully saturated rings. The molecule has 1 saturated heterocycles. The van der Waals surface area contributed by atoms with Crippen LogP contribution in [0.2, 0.25) is 0 Å². The largest absolute Gasteiger partial charge is 0.378 e. The third-order valence-corrected chi connectivity index (χ3v) is 3.60. The average Bonchev–Trinajstić information content (AvgIpc) is 2.87. The number of anilines is 1. The van der Waals surface area contributed by atoms with Gasteiger partial charge in [-0.2, -0.15) is 0 Å². The molecular weight excluding hydrogens is 264 g/mol. The Morgan fingerprint density at radius 1 is 1.32 bits per heavy atom. The van der Waals surface area contributed by atoms with Gasteiger partial charge in [0.15, 0.2) is 0 Å². The minimum atomic E-state index is -0.230. The van der Waals surface area contributed by atoms with Gasteiger partial charge in [-0.05, 0) is 42.5 Å². The SMILES string of the molecule is Cl.O=C(Nc1ccc2c(c1)CCC2)C1COCCN1. The Balaban J connectivity index is 0.00000133. The van der Waals surface area contributed by atoms with Crippen molar-refractivity contribution in [3.63, 3.8) is 0 Å². The standard InChI is InChI=1S/C14H18N2O2.ClH/c17-14(13-9-18-7-6-15-13)16-12-5-4-10-2-1-3-11(10)8-12;/h4-5,8,13,15H,1-3,6-7,9H2,(H,16,17);1H. The average molecular weight is 283 g/mol. The number of carbonyl (C=O) groups is 1. The van der Waals surface area contributed by atoms with E-state index in [2.05, 4.69) is 22.8 Å². The molecule has 1 amide bonds. The number of fused-ring (bicyclic) bond motifs is 1. The van der Waals surface area contributed by atoms with Crippen molar-refractivity contribution < 1.29 is 9.53 Å². The summed E-state index contributed by atoms with van der Waals surface area (Å²) in [6.07, 6.45) is 3.52. The second-order valence-electron chi connectivity index (χ2n) is 4.91. The van der Waals surface area contributed by atoms with Crippen LogP contribution in [0.15, 0.2) is 18.2 Å². The number of benzene rings is 1. The number of nitrogens with one attached hydrogen (secondary N) is 2. The lowest BCUT2D eigenvalue weighted by atomic mass is 10.1. The van der Waals surface area contributed by atoms with Gasteiger partial charge in [0, 0.05) is 12.2 Å². The molecule has 0 aromatic heterocycles. The Hall–Kier alpha value is -1.10. The third-order valence-electron chi connectivity index (χ3n) is 3.60. The van der Waals surface area contributed by atoms with Crippen molar-refractivity contribution >= 4 is 24.0 Å². The van der Waals surface area contributed by atoms with Crippen molar-refractivity contribution in [3.8, 4) is 0 Å². The molecule has 0 bridgehead atoms. The highest BCUT2D eigenvalue weighted by Gasteiger charge is 2.21. The molecule has 5 heteroatoms. The monoisotopic (exact) mass is 282 g/mol. The molecule has 0 spiro atoms. The number of hydrogen-bond acceptors (Lipinski definition) is 3. The molecule has 1 heterocycles. The molecule has 2 N–H and O–H groups in total. The number of amides is 1. The van der Waals surface area contributed by atoms with Crippen LogP contribution < -0.4 is 10.6 Å². The van der Waals surface area contributed by atoms with E-state index in [1.54, 1.807) is 0 Å². The molecule has 0 saturated carbocycles. The summed E-state index contributed by atoms with van der Waals surface area (Å²) in [5, 5.41) is 6.11. The maximum Gasteiger partial charge on any atom is 0.243 e. The molecule has 1 aliphatic heterocycles. The number of halogens is 1. The highest BCUT2D eigenvalue weighted by atomic mass is 35.5. The fourth-order valence-electron chi connectivity index (χ4n) is 2.61. The number of ether oxygens (including phenoxy) is 1. The van der Waals surface area contributed by atoms with Crippen LogP contribution in [0.4, 0.5) is 5.69 Å². The fraction of sp³-hybridized carbons (Fsp3) is 0.500. The number of rotatable bonds is 2. The number of aryl methyl sites for hydroxylation is 2. The zero-order valence-corrected chi connectivity index (χ0v) is 11.6. The van der Waals surface area contributed by atoms with Crippen molar-refractivity contribution in [2.75, 3.05) is 25.1 Å². The maximum atomic E-state index is 12.0. The lowest BCUT2D eigenvalue weighted by molar-refractivity contribution is -0.120. The van der Waals surface area contributed by atoms with E-state index in [-0.39, 0.29) is 24.4 Å². The molecular formula is C14H19ClN2O2. The first-order chi connectivity index (χ1) is 8.83. The fourth-order valence-corrected chi connectivity index (χ4v) is 2.61. The zero-order chi connectivity index (χ0) is 12.4. The second kappa shape index (κ2) is 6.37. The summed E-state index contributed by atoms with van der Waals surface area (Å²) in [5.74, 6) is -0.00681. The maximum absolute atomic E-state index is 12.0. The van der Waals surface area contributed by atoms with Gasteiger partial charge in [-0.1, -0.05) is 6.07 Å². The summed E-state index contributed by atoms with van der Waals surface area (Å²) < 4.78 is 5.29. The summed E-state index contributed by atoms with van der Waals surface area (Å²) in [7, 11) is 0. The number of morpholine rings is 1. The van der Waals surface area contributed by atoms with E-state index in [4.69, 9.17) is 4.74 Å². The molecule has 1 aromatic carbocycles. The van der Waals surface area contributed by atoms with E-state index in [0.717, 1.165) is 18.7 Å². The van der Waals surface area contributed by atoms with Gasteiger partial charge in [-0.25, -0.2) is 0 Å². The van der Waals surface area contributed by atoms with Crippen LogP contribution in [0.3, 0.4) is 0 Å². The van der Waals surface area contributed by atoms with Crippen molar-refractivity contribution in [3.05, 3.63) is 29.3 Å². The van der Waals surface area contributed by atoms with E-state index in [1.165, 1.54) is 24.0 Å². The molecule has 104 valence electrons. The van der Waals surface area contributed by atoms with E-state index >= 15 is 0 Å². The Morgan fingerprint density at radius 3 is 2.95 bits per heavy atom. The van der Waals surface area contributed by atoms with Gasteiger partial charge in [0.05, 0.1) is 13.2 Å². The first kappa shape index (κ1) is 14.3. The second-order valence-corrected chi connectivity index (χ2v) is 4.91. The molecule has 1 unspecified atom stereocenters. The van der Waals surface area contributed by atoms with Gasteiger partial charge in [0.25, 0.3) is 0 Å². The van der Waals surface area contributed by atoms with Crippen LogP contribution in [0.25, 0.3) is 0 Å². The van der Waals surface area contributed by atoms with E-state index < -0.39 is 0 Å². The van der Waals surface area contributed by atoms with Gasteiger partial charge in [0.2, 0.25) is 5.91 Å². The van der Waals surface area contributed by atoms with Crippen molar-refractivity contribution in [2.24, 2.45) is 0 Å². The predicted octanol–water partition coefficient (Wildman–Crippen LogP) is 1.52. The zero-order valence-electron chi connectivity index (χ0n) is 10.8. The van der Waals surface area contributed by atoms with Crippen LogP contribution in [-0.4, -0.2) is 31.7 Å². The van der Waals surface area contributed by atoms with E-state index in [1.807, 2.05) is 6.07 Å². The molecule has 0 radical (unpaired) electrons. The number of carbonyl (C=O) groups excluding carboxylic acids is 1. The summed E-state index contributed by atoms with van der Waals surface area (Å²) >= 11 is 0. The summed E-state index contributed by atoms with van der Waals surface area (Å²) in [6, 6.07) is 5.99. The minimum absolute atomic E-state index is 0. The van der Waals surface area contributed by atoms with Gasteiger partial charge >= 0.3 is 0 Å². The smallest absolute Gasteiger partial charge is 0.243 e. The van der Waals surface area contributed by atoms with Crippen LogP contribution in [0, 0.1) is 0 Å². The molecule has 3 rings (SSSR count). The topological polar surface area (TPSA) is 50.4 Å². The highest BCUT2D eigenvalue weighted by Crippen LogP contribution is 2.24. The molecule has 1 aliphatic carbocycles. The Labute approximate surface area is 119 Å². The van der Waals surface area contributed by atoms with Crippen LogP contribution in [0.5, 0.6) is 0 Å². The van der Waals surface area contributed by atoms with Crippen LogP contribution in [0.1, 0.15) is 17.5 Å². The molecule has 1 atom stereocenters. The van der Waals surface area contributed by atoms with Crippen molar-refractivity contribution in [1.29, 1.82) is 0 Å². The quantitative estimate of drug-likeness (QED) is 0.865. The van der Waals surface area contributed by atoms with E-state index in [0.29, 0.717) is 13.2 Å². The van der Waals surface area contributed by atoms with E-state index in [9.17, 15) is 4.79 Å². The van der Waals surface area contributed by atoms with Crippen LogP contribution >= 0.6 is 12.4 Å². The van der Waals surface area contributed by atoms with Gasteiger partial charge in [-0.3, -0.25) is 4.79 Å². The predicted molar refractivity (Wildman–Crippen MR) is 77.0 cm³/mol. The Kier molecular flexibility index (Phi) is 4.80. The van der Waals surface area contributed by atoms with Crippen molar-refractivity contribution in [1.82, 2.24) is 5.32 Å². The minimum Gasteiger partial charge on any atom is -0.378 e. The van der Waals surface area contributed by atoms with Crippen LogP contribution in [-0.2, 0) is 22.4 Å². The summed E-state index contributed by atoms with van der Waals surface area (Å²) in [6.45, 7) is 1.88. The lowest BCUT2D eigenvalue weighted by Gasteiger charge is -2.23.